The predicted octanol–water partition coefficient (Wildman–Crippen LogP) is -0.328. The second-order valence-electron chi connectivity index (χ2n) is 2.37. The molecule has 2 unspecified atom stereocenters. The molecule has 6 heteroatoms. The third-order valence-corrected chi connectivity index (χ3v) is 2.53. The van der Waals surface area contributed by atoms with Crippen molar-refractivity contribution in [2.24, 2.45) is 0 Å². The van der Waals surface area contributed by atoms with E-state index in [1.165, 1.54) is 0 Å². The van der Waals surface area contributed by atoms with Crippen molar-refractivity contribution in [2.75, 3.05) is 6.54 Å². The van der Waals surface area contributed by atoms with Crippen LogP contribution in [0.15, 0.2) is 0 Å². The molecule has 0 aromatic heterocycles. The fourth-order valence-electron chi connectivity index (χ4n) is 1.17. The number of carboxylic acid groups (broad SMARTS) is 1. The zero-order valence-electron chi connectivity index (χ0n) is 5.77. The van der Waals surface area contributed by atoms with E-state index in [0.29, 0.717) is 19.4 Å². The Morgan fingerprint density at radius 2 is 2.27 bits per heavy atom. The molecule has 0 amide bonds. The normalized spacial score (nSPS) is 28.6. The lowest BCUT2D eigenvalue weighted by Crippen LogP contribution is -2.36. The van der Waals surface area contributed by atoms with Crippen molar-refractivity contribution in [3.8, 4) is 0 Å². The van der Waals surface area contributed by atoms with Gasteiger partial charge in [0, 0.05) is 6.54 Å². The van der Waals surface area contributed by atoms with E-state index in [9.17, 15) is 9.00 Å². The molecule has 1 heterocycles. The van der Waals surface area contributed by atoms with Crippen molar-refractivity contribution < 1.29 is 18.7 Å². The summed E-state index contributed by atoms with van der Waals surface area (Å²) in [6.45, 7) is 0.389. The average Bonchev–Trinajstić information content (AvgIpc) is 2.32. The van der Waals surface area contributed by atoms with Crippen LogP contribution in [0.1, 0.15) is 12.8 Å². The standard InChI is InChI=1S/C5H9NO4S/c7-5(8)4-2-1-3-6(4)11(9)10/h4H,1-3H2,(H,7,8)(H,9,10). The fraction of sp³-hybridized carbons (Fsp3) is 0.800. The van der Waals surface area contributed by atoms with Gasteiger partial charge in [-0.15, -0.1) is 0 Å². The largest absolute Gasteiger partial charge is 0.480 e. The minimum atomic E-state index is -2.14. The van der Waals surface area contributed by atoms with Crippen LogP contribution in [0.5, 0.6) is 0 Å². The number of hydrogen-bond acceptors (Lipinski definition) is 2. The molecule has 1 aliphatic rings. The van der Waals surface area contributed by atoms with Crippen molar-refractivity contribution in [1.29, 1.82) is 0 Å². The van der Waals surface area contributed by atoms with E-state index in [2.05, 4.69) is 0 Å². The van der Waals surface area contributed by atoms with Gasteiger partial charge in [0.1, 0.15) is 6.04 Å². The van der Waals surface area contributed by atoms with Crippen molar-refractivity contribution in [1.82, 2.24) is 4.31 Å². The molecule has 0 saturated carbocycles. The minimum absolute atomic E-state index is 0.389. The van der Waals surface area contributed by atoms with Gasteiger partial charge in [-0.25, -0.2) is 4.21 Å². The average molecular weight is 179 g/mol. The highest BCUT2D eigenvalue weighted by molar-refractivity contribution is 7.76. The third-order valence-electron chi connectivity index (χ3n) is 1.69. The lowest BCUT2D eigenvalue weighted by molar-refractivity contribution is -0.140. The second kappa shape index (κ2) is 3.29. The van der Waals surface area contributed by atoms with Crippen molar-refractivity contribution in [3.63, 3.8) is 0 Å². The number of hydrogen-bond donors (Lipinski definition) is 2. The summed E-state index contributed by atoms with van der Waals surface area (Å²) < 4.78 is 20.2. The molecule has 11 heavy (non-hydrogen) atoms. The maximum absolute atomic E-state index is 10.5. The summed E-state index contributed by atoms with van der Waals surface area (Å²) in [4.78, 5) is 10.4. The van der Waals surface area contributed by atoms with E-state index in [4.69, 9.17) is 9.66 Å². The first kappa shape index (κ1) is 8.63. The van der Waals surface area contributed by atoms with Gasteiger partial charge in [-0.1, -0.05) is 0 Å². The maximum Gasteiger partial charge on any atom is 0.322 e. The topological polar surface area (TPSA) is 77.8 Å². The van der Waals surface area contributed by atoms with E-state index >= 15 is 0 Å². The van der Waals surface area contributed by atoms with Gasteiger partial charge in [-0.2, -0.15) is 4.31 Å². The molecule has 0 aromatic rings. The van der Waals surface area contributed by atoms with Crippen LogP contribution in [0.4, 0.5) is 0 Å². The molecule has 0 bridgehead atoms. The second-order valence-corrected chi connectivity index (χ2v) is 3.30. The zero-order valence-corrected chi connectivity index (χ0v) is 6.58. The van der Waals surface area contributed by atoms with Crippen molar-refractivity contribution in [2.45, 2.75) is 18.9 Å². The van der Waals surface area contributed by atoms with Crippen molar-refractivity contribution >= 4 is 17.2 Å². The number of carboxylic acids is 1. The maximum atomic E-state index is 10.5. The molecule has 0 aromatic carbocycles. The molecule has 0 aliphatic carbocycles. The van der Waals surface area contributed by atoms with E-state index in [0.717, 1.165) is 4.31 Å². The van der Waals surface area contributed by atoms with Gasteiger partial charge >= 0.3 is 5.97 Å². The van der Waals surface area contributed by atoms with Crippen LogP contribution in [-0.2, 0) is 16.1 Å². The number of nitrogens with zero attached hydrogens (tertiary/aromatic N) is 1. The molecule has 0 spiro atoms. The van der Waals surface area contributed by atoms with Crippen LogP contribution in [0.3, 0.4) is 0 Å². The van der Waals surface area contributed by atoms with Gasteiger partial charge in [0.25, 0.3) is 0 Å². The summed E-state index contributed by atoms with van der Waals surface area (Å²) >= 11 is -2.14. The molecule has 1 fully saturated rings. The first-order valence-electron chi connectivity index (χ1n) is 3.23. The van der Waals surface area contributed by atoms with E-state index in [-0.39, 0.29) is 0 Å². The Hall–Kier alpha value is -0.460. The molecule has 5 nitrogen and oxygen atoms in total. The van der Waals surface area contributed by atoms with Gasteiger partial charge in [-0.3, -0.25) is 9.35 Å². The van der Waals surface area contributed by atoms with Crippen LogP contribution >= 0.6 is 0 Å². The van der Waals surface area contributed by atoms with Crippen LogP contribution < -0.4 is 0 Å². The molecule has 1 aliphatic heterocycles. The summed E-state index contributed by atoms with van der Waals surface area (Å²) in [7, 11) is 0. The molecular formula is C5H9NO4S. The van der Waals surface area contributed by atoms with Crippen LogP contribution in [0.25, 0.3) is 0 Å². The Morgan fingerprint density at radius 1 is 1.64 bits per heavy atom. The molecule has 64 valence electrons. The number of rotatable bonds is 2. The first-order valence-corrected chi connectivity index (χ1v) is 4.29. The molecule has 1 rings (SSSR count). The number of aliphatic carboxylic acids is 1. The van der Waals surface area contributed by atoms with E-state index in [1.54, 1.807) is 0 Å². The highest BCUT2D eigenvalue weighted by Crippen LogP contribution is 2.17. The Morgan fingerprint density at radius 3 is 2.64 bits per heavy atom. The molecule has 2 N–H and O–H groups in total. The quantitative estimate of drug-likeness (QED) is 0.569. The van der Waals surface area contributed by atoms with E-state index < -0.39 is 23.3 Å². The lowest BCUT2D eigenvalue weighted by Gasteiger charge is -2.14. The summed E-state index contributed by atoms with van der Waals surface area (Å²) in [5.41, 5.74) is 0. The van der Waals surface area contributed by atoms with Gasteiger partial charge < -0.3 is 5.11 Å². The van der Waals surface area contributed by atoms with Crippen LogP contribution in [0, 0.1) is 0 Å². The number of carbonyl (C=O) groups is 1. The summed E-state index contributed by atoms with van der Waals surface area (Å²) in [5.74, 6) is -1.02. The van der Waals surface area contributed by atoms with E-state index in [1.807, 2.05) is 0 Å². The zero-order chi connectivity index (χ0) is 8.43. The Bertz CT molecular complexity index is 175. The fourth-order valence-corrected chi connectivity index (χ4v) is 1.87. The SMILES string of the molecule is O=C(O)C1CCCN1S(=O)O. The molecular weight excluding hydrogens is 170 g/mol. The Labute approximate surface area is 66.4 Å². The molecule has 2 atom stereocenters. The first-order chi connectivity index (χ1) is 5.13. The van der Waals surface area contributed by atoms with Gasteiger partial charge in [0.05, 0.1) is 0 Å². The highest BCUT2D eigenvalue weighted by Gasteiger charge is 2.33. The molecule has 1 saturated heterocycles. The summed E-state index contributed by atoms with van der Waals surface area (Å²) in [6, 6.07) is -0.777. The Kier molecular flexibility index (Phi) is 2.58. The smallest absolute Gasteiger partial charge is 0.322 e. The molecule has 0 radical (unpaired) electrons. The minimum Gasteiger partial charge on any atom is -0.480 e. The van der Waals surface area contributed by atoms with Gasteiger partial charge in [0.2, 0.25) is 11.3 Å². The monoisotopic (exact) mass is 179 g/mol. The van der Waals surface area contributed by atoms with Crippen molar-refractivity contribution in [3.05, 3.63) is 0 Å². The van der Waals surface area contributed by atoms with Gasteiger partial charge in [-0.05, 0) is 12.8 Å². The predicted molar refractivity (Wildman–Crippen MR) is 38.1 cm³/mol. The summed E-state index contributed by atoms with van der Waals surface area (Å²) in [5, 5.41) is 8.55. The lowest BCUT2D eigenvalue weighted by atomic mass is 10.2. The van der Waals surface area contributed by atoms with Gasteiger partial charge in [0.15, 0.2) is 0 Å². The van der Waals surface area contributed by atoms with Crippen LogP contribution in [0.2, 0.25) is 0 Å². The Balaban J connectivity index is 2.65. The summed E-state index contributed by atoms with van der Waals surface area (Å²) in [6.07, 6.45) is 1.13. The van der Waals surface area contributed by atoms with Crippen LogP contribution in [-0.4, -0.2) is 36.7 Å². The highest BCUT2D eigenvalue weighted by atomic mass is 32.2. The third kappa shape index (κ3) is 1.76.